The maximum absolute atomic E-state index is 4.70. The van der Waals surface area contributed by atoms with Gasteiger partial charge in [-0.1, -0.05) is 26.2 Å². The fourth-order valence-corrected chi connectivity index (χ4v) is 2.81. The number of hydrogen-bond acceptors (Lipinski definition) is 4. The van der Waals surface area contributed by atoms with E-state index in [1.807, 2.05) is 23.0 Å². The van der Waals surface area contributed by atoms with E-state index in [-0.39, 0.29) is 0 Å². The van der Waals surface area contributed by atoms with Crippen molar-refractivity contribution in [2.45, 2.75) is 51.5 Å². The highest BCUT2D eigenvalue weighted by Gasteiger charge is 2.16. The molecule has 2 N–H and O–H groups in total. The highest BCUT2D eigenvalue weighted by atomic mass is 15.2. The van der Waals surface area contributed by atoms with Crippen LogP contribution in [0.25, 0.3) is 5.65 Å². The molecule has 1 fully saturated rings. The summed E-state index contributed by atoms with van der Waals surface area (Å²) in [6.45, 7) is 3.10. The van der Waals surface area contributed by atoms with Gasteiger partial charge in [0.1, 0.15) is 5.82 Å². The van der Waals surface area contributed by atoms with Crippen molar-refractivity contribution in [3.63, 3.8) is 0 Å². The van der Waals surface area contributed by atoms with Gasteiger partial charge in [0.05, 0.1) is 6.20 Å². The molecule has 1 aliphatic carbocycles. The lowest BCUT2D eigenvalue weighted by Gasteiger charge is -2.23. The first-order valence-electron chi connectivity index (χ1n) is 7.71. The first-order valence-corrected chi connectivity index (χ1v) is 7.71. The van der Waals surface area contributed by atoms with Gasteiger partial charge in [0.25, 0.3) is 0 Å². The van der Waals surface area contributed by atoms with Crippen molar-refractivity contribution in [1.29, 1.82) is 0 Å². The average molecular weight is 273 g/mol. The Balaban J connectivity index is 1.84. The number of fused-ring (bicyclic) bond motifs is 1. The minimum atomic E-state index is 0.540. The van der Waals surface area contributed by atoms with E-state index in [0.29, 0.717) is 6.04 Å². The molecule has 0 spiro atoms. The molecule has 0 saturated heterocycles. The van der Waals surface area contributed by atoms with Gasteiger partial charge in [-0.25, -0.2) is 9.97 Å². The lowest BCUT2D eigenvalue weighted by atomic mass is 9.95. The van der Waals surface area contributed by atoms with Crippen LogP contribution in [0.5, 0.6) is 0 Å². The zero-order chi connectivity index (χ0) is 13.8. The molecule has 5 heteroatoms. The summed E-state index contributed by atoms with van der Waals surface area (Å²) in [7, 11) is 0. The third-order valence-electron chi connectivity index (χ3n) is 3.88. The van der Waals surface area contributed by atoms with Crippen LogP contribution in [0.4, 0.5) is 11.6 Å². The second-order valence-electron chi connectivity index (χ2n) is 5.54. The Morgan fingerprint density at radius 1 is 1.30 bits per heavy atom. The summed E-state index contributed by atoms with van der Waals surface area (Å²) in [6, 6.07) is 0.540. The van der Waals surface area contributed by atoms with Gasteiger partial charge in [-0.15, -0.1) is 0 Å². The topological polar surface area (TPSA) is 54.2 Å². The number of nitrogens with zero attached hydrogens (tertiary/aromatic N) is 3. The summed E-state index contributed by atoms with van der Waals surface area (Å²) >= 11 is 0. The van der Waals surface area contributed by atoms with Gasteiger partial charge >= 0.3 is 0 Å². The quantitative estimate of drug-likeness (QED) is 0.877. The average Bonchev–Trinajstić information content (AvgIpc) is 2.95. The highest BCUT2D eigenvalue weighted by molar-refractivity contribution is 5.65. The molecular formula is C15H23N5. The van der Waals surface area contributed by atoms with Crippen molar-refractivity contribution in [2.75, 3.05) is 17.2 Å². The predicted molar refractivity (Wildman–Crippen MR) is 82.3 cm³/mol. The Bertz CT molecular complexity index is 556. The van der Waals surface area contributed by atoms with Gasteiger partial charge in [-0.3, -0.25) is 0 Å². The van der Waals surface area contributed by atoms with E-state index in [0.717, 1.165) is 30.2 Å². The van der Waals surface area contributed by atoms with Gasteiger partial charge in [0, 0.05) is 25.0 Å². The van der Waals surface area contributed by atoms with Crippen LogP contribution in [-0.2, 0) is 0 Å². The van der Waals surface area contributed by atoms with Crippen LogP contribution in [0.3, 0.4) is 0 Å². The van der Waals surface area contributed by atoms with Gasteiger partial charge in [0.15, 0.2) is 11.5 Å². The molecule has 2 aromatic rings. The highest BCUT2D eigenvalue weighted by Crippen LogP contribution is 2.23. The maximum Gasteiger partial charge on any atom is 0.180 e. The van der Waals surface area contributed by atoms with Crippen molar-refractivity contribution >= 4 is 17.3 Å². The molecule has 0 aromatic carbocycles. The van der Waals surface area contributed by atoms with Crippen molar-refractivity contribution in [2.24, 2.45) is 0 Å². The normalized spacial score (nSPS) is 16.4. The van der Waals surface area contributed by atoms with Crippen LogP contribution in [0.1, 0.15) is 45.4 Å². The molecule has 2 heterocycles. The molecule has 3 rings (SSSR count). The minimum Gasteiger partial charge on any atom is -0.369 e. The second kappa shape index (κ2) is 6.11. The molecule has 0 bridgehead atoms. The van der Waals surface area contributed by atoms with Gasteiger partial charge in [-0.2, -0.15) is 0 Å². The lowest BCUT2D eigenvalue weighted by Crippen LogP contribution is -2.23. The summed E-state index contributed by atoms with van der Waals surface area (Å²) < 4.78 is 2.04. The Kier molecular flexibility index (Phi) is 4.04. The predicted octanol–water partition coefficient (Wildman–Crippen LogP) is 3.30. The monoisotopic (exact) mass is 273 g/mol. The van der Waals surface area contributed by atoms with E-state index in [4.69, 9.17) is 4.98 Å². The molecule has 1 aliphatic rings. The zero-order valence-electron chi connectivity index (χ0n) is 12.1. The number of nitrogens with one attached hydrogen (secondary N) is 2. The lowest BCUT2D eigenvalue weighted by molar-refractivity contribution is 0.462. The first-order chi connectivity index (χ1) is 9.86. The fourth-order valence-electron chi connectivity index (χ4n) is 2.81. The van der Waals surface area contributed by atoms with Crippen LogP contribution < -0.4 is 10.6 Å². The van der Waals surface area contributed by atoms with Crippen LogP contribution in [-0.4, -0.2) is 27.0 Å². The van der Waals surface area contributed by atoms with Crippen LogP contribution in [0, 0.1) is 0 Å². The second-order valence-corrected chi connectivity index (χ2v) is 5.54. The van der Waals surface area contributed by atoms with Crippen molar-refractivity contribution in [1.82, 2.24) is 14.4 Å². The summed E-state index contributed by atoms with van der Waals surface area (Å²) in [4.78, 5) is 9.11. The Morgan fingerprint density at radius 3 is 2.95 bits per heavy atom. The fraction of sp³-hybridized carbons (Fsp3) is 0.600. The zero-order valence-corrected chi connectivity index (χ0v) is 12.1. The van der Waals surface area contributed by atoms with Crippen LogP contribution in [0.15, 0.2) is 18.6 Å². The molecule has 20 heavy (non-hydrogen) atoms. The SMILES string of the molecule is CCCNc1cn2ccnc2c(NC2CCCCC2)n1. The van der Waals surface area contributed by atoms with E-state index in [9.17, 15) is 0 Å². The number of rotatable bonds is 5. The van der Waals surface area contributed by atoms with E-state index in [2.05, 4.69) is 22.5 Å². The minimum absolute atomic E-state index is 0.540. The number of aromatic nitrogens is 3. The maximum atomic E-state index is 4.70. The van der Waals surface area contributed by atoms with Crippen LogP contribution >= 0.6 is 0 Å². The van der Waals surface area contributed by atoms with E-state index in [1.165, 1.54) is 32.1 Å². The molecule has 0 radical (unpaired) electrons. The van der Waals surface area contributed by atoms with Gasteiger partial charge < -0.3 is 15.0 Å². The third-order valence-corrected chi connectivity index (χ3v) is 3.88. The summed E-state index contributed by atoms with van der Waals surface area (Å²) in [5, 5.41) is 6.95. The number of hydrogen-bond donors (Lipinski definition) is 2. The number of imidazole rings is 1. The largest absolute Gasteiger partial charge is 0.369 e. The summed E-state index contributed by atoms with van der Waals surface area (Å²) in [6.07, 6.45) is 13.4. The summed E-state index contributed by atoms with van der Waals surface area (Å²) in [5.41, 5.74) is 0.914. The third kappa shape index (κ3) is 2.86. The standard InChI is InChI=1S/C15H23N5/c1-2-8-16-13-11-20-10-9-17-15(20)14(19-13)18-12-6-4-3-5-7-12/h9-12,16H,2-8H2,1H3,(H,18,19). The Labute approximate surface area is 119 Å². The molecular weight excluding hydrogens is 250 g/mol. The Hall–Kier alpha value is -1.78. The Morgan fingerprint density at radius 2 is 2.15 bits per heavy atom. The molecule has 108 valence electrons. The van der Waals surface area contributed by atoms with E-state index >= 15 is 0 Å². The van der Waals surface area contributed by atoms with Crippen molar-refractivity contribution in [3.05, 3.63) is 18.6 Å². The van der Waals surface area contributed by atoms with Crippen molar-refractivity contribution < 1.29 is 0 Å². The molecule has 5 nitrogen and oxygen atoms in total. The molecule has 1 saturated carbocycles. The number of anilines is 2. The molecule has 0 unspecified atom stereocenters. The van der Waals surface area contributed by atoms with E-state index < -0.39 is 0 Å². The molecule has 0 amide bonds. The van der Waals surface area contributed by atoms with Gasteiger partial charge in [-0.05, 0) is 19.3 Å². The van der Waals surface area contributed by atoms with Crippen molar-refractivity contribution in [3.8, 4) is 0 Å². The molecule has 0 atom stereocenters. The smallest absolute Gasteiger partial charge is 0.180 e. The molecule has 2 aromatic heterocycles. The first kappa shape index (κ1) is 13.2. The van der Waals surface area contributed by atoms with Crippen LogP contribution in [0.2, 0.25) is 0 Å². The molecule has 0 aliphatic heterocycles. The van der Waals surface area contributed by atoms with Gasteiger partial charge in [0.2, 0.25) is 0 Å². The summed E-state index contributed by atoms with van der Waals surface area (Å²) in [5.74, 6) is 1.82. The van der Waals surface area contributed by atoms with E-state index in [1.54, 1.807) is 0 Å².